The molecule has 0 aliphatic heterocycles. The number of pyridine rings is 1. The van der Waals surface area contributed by atoms with Crippen molar-refractivity contribution in [2.24, 2.45) is 0 Å². The summed E-state index contributed by atoms with van der Waals surface area (Å²) in [4.78, 5) is 28.9. The average molecular weight is 463 g/mol. The summed E-state index contributed by atoms with van der Waals surface area (Å²) in [6, 6.07) is 17.6. The molecule has 0 aliphatic carbocycles. The van der Waals surface area contributed by atoms with Crippen LogP contribution in [0.3, 0.4) is 0 Å². The molecule has 0 atom stereocenters. The second-order valence-electron chi connectivity index (χ2n) is 6.78. The van der Waals surface area contributed by atoms with E-state index < -0.39 is 5.91 Å². The number of carbonyl (C=O) groups excluding carboxylic acids is 2. The Morgan fingerprint density at radius 2 is 1.73 bits per heavy atom. The van der Waals surface area contributed by atoms with E-state index in [2.05, 4.69) is 25.8 Å². The molecule has 2 N–H and O–H groups in total. The molecule has 10 heteroatoms. The highest BCUT2D eigenvalue weighted by molar-refractivity contribution is 7.13. The molecule has 4 rings (SSSR count). The molecule has 2 aromatic heterocycles. The summed E-state index contributed by atoms with van der Waals surface area (Å²) in [5, 5.41) is 14.0. The van der Waals surface area contributed by atoms with Gasteiger partial charge in [-0.25, -0.2) is 4.39 Å². The molecule has 0 unspecified atom stereocenters. The van der Waals surface area contributed by atoms with Gasteiger partial charge in [0.25, 0.3) is 11.8 Å². The van der Waals surface area contributed by atoms with Crippen LogP contribution in [-0.4, -0.2) is 27.0 Å². The van der Waals surface area contributed by atoms with E-state index in [0.717, 1.165) is 17.0 Å². The Balaban J connectivity index is 1.28. The molecular weight excluding hydrogens is 445 g/mol. The summed E-state index contributed by atoms with van der Waals surface area (Å²) in [6.07, 6.45) is 1.67. The van der Waals surface area contributed by atoms with E-state index in [1.807, 2.05) is 18.2 Å². The van der Waals surface area contributed by atoms with Crippen molar-refractivity contribution >= 4 is 28.8 Å². The van der Waals surface area contributed by atoms with Crippen LogP contribution in [0.15, 0.2) is 72.9 Å². The first-order chi connectivity index (χ1) is 16.1. The largest absolute Gasteiger partial charge is 0.486 e. The summed E-state index contributed by atoms with van der Waals surface area (Å²) in [6.45, 7) is 0.432. The number of hydrogen-bond acceptors (Lipinski definition) is 7. The highest BCUT2D eigenvalue weighted by Gasteiger charge is 2.14. The van der Waals surface area contributed by atoms with E-state index in [9.17, 15) is 14.0 Å². The van der Waals surface area contributed by atoms with Gasteiger partial charge in [0.15, 0.2) is 5.01 Å². The number of nitrogens with zero attached hydrogens (tertiary/aromatic N) is 3. The van der Waals surface area contributed by atoms with Crippen LogP contribution >= 0.6 is 11.3 Å². The quantitative estimate of drug-likeness (QED) is 0.411. The van der Waals surface area contributed by atoms with Crippen molar-refractivity contribution < 1.29 is 18.7 Å². The Morgan fingerprint density at radius 3 is 2.45 bits per heavy atom. The SMILES string of the molecule is O=C(NCc1ccccn1)c1ccc(NC(=O)c2nnc(COc3ccc(F)cc3)s2)cc1. The van der Waals surface area contributed by atoms with Crippen molar-refractivity contribution in [3.05, 3.63) is 100 Å². The highest BCUT2D eigenvalue weighted by atomic mass is 32.1. The first-order valence-electron chi connectivity index (χ1n) is 9.87. The summed E-state index contributed by atoms with van der Waals surface area (Å²) in [5.74, 6) is -0.529. The Labute approximate surface area is 192 Å². The summed E-state index contributed by atoms with van der Waals surface area (Å²) >= 11 is 1.09. The van der Waals surface area contributed by atoms with Gasteiger partial charge in [-0.15, -0.1) is 10.2 Å². The minimum absolute atomic E-state index is 0.110. The molecule has 0 saturated carbocycles. The highest BCUT2D eigenvalue weighted by Crippen LogP contribution is 2.17. The molecule has 0 saturated heterocycles. The molecule has 0 fully saturated rings. The Kier molecular flexibility index (Phi) is 6.96. The molecular formula is C23H18FN5O3S. The molecule has 8 nitrogen and oxygen atoms in total. The van der Waals surface area contributed by atoms with Crippen LogP contribution < -0.4 is 15.4 Å². The maximum Gasteiger partial charge on any atom is 0.286 e. The molecule has 0 spiro atoms. The predicted molar refractivity (Wildman–Crippen MR) is 120 cm³/mol. The van der Waals surface area contributed by atoms with Crippen molar-refractivity contribution in [1.82, 2.24) is 20.5 Å². The van der Waals surface area contributed by atoms with Gasteiger partial charge >= 0.3 is 0 Å². The van der Waals surface area contributed by atoms with E-state index in [4.69, 9.17) is 4.74 Å². The summed E-state index contributed by atoms with van der Waals surface area (Å²) in [5.41, 5.74) is 1.73. The lowest BCUT2D eigenvalue weighted by atomic mass is 10.2. The Bertz CT molecular complexity index is 1230. The van der Waals surface area contributed by atoms with Gasteiger partial charge in [-0.2, -0.15) is 0 Å². The van der Waals surface area contributed by atoms with Gasteiger partial charge in [-0.3, -0.25) is 14.6 Å². The van der Waals surface area contributed by atoms with Gasteiger partial charge in [-0.05, 0) is 60.7 Å². The molecule has 4 aromatic rings. The Morgan fingerprint density at radius 1 is 0.939 bits per heavy atom. The number of halogens is 1. The van der Waals surface area contributed by atoms with Gasteiger partial charge in [0, 0.05) is 17.4 Å². The number of rotatable bonds is 8. The number of benzene rings is 2. The summed E-state index contributed by atoms with van der Waals surface area (Å²) < 4.78 is 18.4. The zero-order valence-electron chi connectivity index (χ0n) is 17.2. The minimum atomic E-state index is -0.423. The topological polar surface area (TPSA) is 106 Å². The first kappa shape index (κ1) is 22.0. The zero-order valence-corrected chi connectivity index (χ0v) is 18.0. The van der Waals surface area contributed by atoms with Crippen molar-refractivity contribution in [1.29, 1.82) is 0 Å². The third kappa shape index (κ3) is 6.17. The van der Waals surface area contributed by atoms with Crippen LogP contribution in [0.4, 0.5) is 10.1 Å². The monoisotopic (exact) mass is 463 g/mol. The van der Waals surface area contributed by atoms with E-state index in [-0.39, 0.29) is 23.3 Å². The second-order valence-corrected chi connectivity index (χ2v) is 7.84. The van der Waals surface area contributed by atoms with Crippen molar-refractivity contribution in [2.45, 2.75) is 13.2 Å². The van der Waals surface area contributed by atoms with Crippen molar-refractivity contribution in [2.75, 3.05) is 5.32 Å². The minimum Gasteiger partial charge on any atom is -0.486 e. The molecule has 0 aliphatic rings. The van der Waals surface area contributed by atoms with Crippen LogP contribution in [0.25, 0.3) is 0 Å². The first-order valence-corrected chi connectivity index (χ1v) is 10.7. The zero-order chi connectivity index (χ0) is 23.0. The van der Waals surface area contributed by atoms with E-state index in [1.165, 1.54) is 24.3 Å². The van der Waals surface area contributed by atoms with Gasteiger partial charge in [0.1, 0.15) is 18.2 Å². The lowest BCUT2D eigenvalue weighted by Gasteiger charge is -2.06. The van der Waals surface area contributed by atoms with Crippen LogP contribution in [0.2, 0.25) is 0 Å². The van der Waals surface area contributed by atoms with Crippen LogP contribution in [0.5, 0.6) is 5.75 Å². The number of anilines is 1. The lowest BCUT2D eigenvalue weighted by molar-refractivity contribution is 0.0950. The number of hydrogen-bond donors (Lipinski definition) is 2. The van der Waals surface area contributed by atoms with Crippen molar-refractivity contribution in [3.63, 3.8) is 0 Å². The summed E-state index contributed by atoms with van der Waals surface area (Å²) in [7, 11) is 0. The van der Waals surface area contributed by atoms with Crippen LogP contribution in [-0.2, 0) is 13.2 Å². The van der Waals surface area contributed by atoms with Gasteiger partial charge in [-0.1, -0.05) is 17.4 Å². The van der Waals surface area contributed by atoms with Gasteiger partial charge < -0.3 is 15.4 Å². The molecule has 2 amide bonds. The standard InChI is InChI=1S/C23H18FN5O3S/c24-16-6-10-19(11-7-16)32-14-20-28-29-23(33-20)22(31)27-17-8-4-15(5-9-17)21(30)26-13-18-3-1-2-12-25-18/h1-12H,13-14H2,(H,26,30)(H,27,31). The van der Waals surface area contributed by atoms with Gasteiger partial charge in [0.05, 0.1) is 12.2 Å². The molecule has 33 heavy (non-hydrogen) atoms. The number of ether oxygens (including phenoxy) is 1. The van der Waals surface area contributed by atoms with Crippen molar-refractivity contribution in [3.8, 4) is 5.75 Å². The smallest absolute Gasteiger partial charge is 0.286 e. The van der Waals surface area contributed by atoms with E-state index in [1.54, 1.807) is 30.5 Å². The van der Waals surface area contributed by atoms with E-state index >= 15 is 0 Å². The third-order valence-corrected chi connectivity index (χ3v) is 5.29. The lowest BCUT2D eigenvalue weighted by Crippen LogP contribution is -2.23. The number of carbonyl (C=O) groups is 2. The maximum absolute atomic E-state index is 12.9. The fourth-order valence-corrected chi connectivity index (χ4v) is 3.39. The Hall–Kier alpha value is -4.18. The predicted octanol–water partition coefficient (Wildman–Crippen LogP) is 3.83. The normalized spacial score (nSPS) is 10.5. The molecule has 0 bridgehead atoms. The average Bonchev–Trinajstić information content (AvgIpc) is 3.33. The van der Waals surface area contributed by atoms with Crippen LogP contribution in [0.1, 0.15) is 30.9 Å². The third-order valence-electron chi connectivity index (χ3n) is 4.40. The number of aromatic nitrogens is 3. The fraction of sp³-hybridized carbons (Fsp3) is 0.0870. The molecule has 0 radical (unpaired) electrons. The number of nitrogens with one attached hydrogen (secondary N) is 2. The van der Waals surface area contributed by atoms with E-state index in [0.29, 0.717) is 28.6 Å². The van der Waals surface area contributed by atoms with Crippen LogP contribution in [0, 0.1) is 5.82 Å². The second kappa shape index (κ2) is 10.4. The molecule has 166 valence electrons. The molecule has 2 heterocycles. The van der Waals surface area contributed by atoms with Gasteiger partial charge in [0.2, 0.25) is 5.01 Å². The maximum atomic E-state index is 12.9. The molecule has 2 aromatic carbocycles. The fourth-order valence-electron chi connectivity index (χ4n) is 2.74. The number of amides is 2.